The number of halogens is 1. The molecule has 0 aliphatic heterocycles. The fourth-order valence-electron chi connectivity index (χ4n) is 1.54. The summed E-state index contributed by atoms with van der Waals surface area (Å²) in [6.07, 6.45) is 2.09. The van der Waals surface area contributed by atoms with Crippen LogP contribution in [-0.2, 0) is 6.54 Å². The largest absolute Gasteiger partial charge is 0.369 e. The van der Waals surface area contributed by atoms with Crippen molar-refractivity contribution in [3.63, 3.8) is 0 Å². The Morgan fingerprint density at radius 1 is 1.53 bits per heavy atom. The van der Waals surface area contributed by atoms with E-state index in [4.69, 9.17) is 5.73 Å². The number of hydrogen-bond acceptors (Lipinski definition) is 3. The minimum absolute atomic E-state index is 0.595. The van der Waals surface area contributed by atoms with Crippen LogP contribution in [0.2, 0.25) is 0 Å². The summed E-state index contributed by atoms with van der Waals surface area (Å²) in [5.74, 6) is 1.64. The molecular weight excluding hydrogens is 274 g/mol. The monoisotopic (exact) mass is 285 g/mol. The van der Waals surface area contributed by atoms with E-state index in [-0.39, 0.29) is 0 Å². The highest BCUT2D eigenvalue weighted by Gasteiger charge is 2.07. The van der Waals surface area contributed by atoms with Gasteiger partial charge in [-0.15, -0.1) is 0 Å². The van der Waals surface area contributed by atoms with Crippen LogP contribution < -0.4 is 5.73 Å². The first-order valence-corrected chi connectivity index (χ1v) is 6.81. The van der Waals surface area contributed by atoms with Crippen LogP contribution in [0.4, 0.5) is 5.95 Å². The first-order valence-electron chi connectivity index (χ1n) is 4.62. The molecule has 0 saturated carbocycles. The normalized spacial score (nSPS) is 11.1. The second kappa shape index (κ2) is 4.45. The standard InChI is InChI=1S/C10H12BrN3S/c1-15-5-4-14-9-3-2-7(11)6-8(9)13-10(14)12/h2-3,6H,4-5H2,1H3,(H2,12,13). The summed E-state index contributed by atoms with van der Waals surface area (Å²) < 4.78 is 3.09. The molecule has 2 aromatic rings. The molecule has 0 saturated heterocycles. The number of hydrogen-bond donors (Lipinski definition) is 1. The Bertz CT molecular complexity index is 481. The molecule has 1 aromatic heterocycles. The molecular formula is C10H12BrN3S. The van der Waals surface area contributed by atoms with Gasteiger partial charge in [-0.25, -0.2) is 4.98 Å². The van der Waals surface area contributed by atoms with Gasteiger partial charge in [-0.1, -0.05) is 15.9 Å². The first-order chi connectivity index (χ1) is 7.22. The van der Waals surface area contributed by atoms with Gasteiger partial charge in [0, 0.05) is 16.8 Å². The molecule has 0 aliphatic carbocycles. The van der Waals surface area contributed by atoms with Crippen LogP contribution in [0.1, 0.15) is 0 Å². The predicted molar refractivity (Wildman–Crippen MR) is 70.2 cm³/mol. The summed E-state index contributed by atoms with van der Waals surface area (Å²) in [6, 6.07) is 6.05. The molecule has 0 aliphatic rings. The van der Waals surface area contributed by atoms with E-state index in [1.807, 2.05) is 18.2 Å². The Balaban J connectivity index is 2.48. The minimum Gasteiger partial charge on any atom is -0.369 e. The zero-order valence-electron chi connectivity index (χ0n) is 8.40. The number of thioether (sulfide) groups is 1. The summed E-state index contributed by atoms with van der Waals surface area (Å²) in [6.45, 7) is 0.908. The highest BCUT2D eigenvalue weighted by molar-refractivity contribution is 9.10. The van der Waals surface area contributed by atoms with Gasteiger partial charge in [0.25, 0.3) is 0 Å². The van der Waals surface area contributed by atoms with E-state index in [9.17, 15) is 0 Å². The van der Waals surface area contributed by atoms with E-state index >= 15 is 0 Å². The lowest BCUT2D eigenvalue weighted by molar-refractivity contribution is 0.810. The summed E-state index contributed by atoms with van der Waals surface area (Å²) >= 11 is 5.23. The molecule has 0 amide bonds. The lowest BCUT2D eigenvalue weighted by Crippen LogP contribution is -2.04. The molecule has 3 nitrogen and oxygen atoms in total. The number of imidazole rings is 1. The summed E-state index contributed by atoms with van der Waals surface area (Å²) in [5.41, 5.74) is 7.92. The van der Waals surface area contributed by atoms with E-state index in [1.165, 1.54) is 0 Å². The summed E-state index contributed by atoms with van der Waals surface area (Å²) in [7, 11) is 0. The van der Waals surface area contributed by atoms with Crippen molar-refractivity contribution in [2.45, 2.75) is 6.54 Å². The molecule has 80 valence electrons. The van der Waals surface area contributed by atoms with Gasteiger partial charge in [-0.3, -0.25) is 0 Å². The molecule has 0 fully saturated rings. The number of aromatic nitrogens is 2. The molecule has 2 N–H and O–H groups in total. The van der Waals surface area contributed by atoms with E-state index in [0.717, 1.165) is 27.8 Å². The van der Waals surface area contributed by atoms with Gasteiger partial charge in [0.2, 0.25) is 5.95 Å². The molecule has 1 aromatic carbocycles. The smallest absolute Gasteiger partial charge is 0.201 e. The highest BCUT2D eigenvalue weighted by atomic mass is 79.9. The van der Waals surface area contributed by atoms with Gasteiger partial charge in [0.05, 0.1) is 11.0 Å². The Morgan fingerprint density at radius 3 is 3.07 bits per heavy atom. The van der Waals surface area contributed by atoms with Crippen LogP contribution in [0.5, 0.6) is 0 Å². The average Bonchev–Trinajstić information content (AvgIpc) is 2.50. The molecule has 0 atom stereocenters. The van der Waals surface area contributed by atoms with Crippen molar-refractivity contribution in [2.24, 2.45) is 0 Å². The van der Waals surface area contributed by atoms with Crippen LogP contribution in [0.3, 0.4) is 0 Å². The second-order valence-corrected chi connectivity index (χ2v) is 5.15. The fraction of sp³-hybridized carbons (Fsp3) is 0.300. The van der Waals surface area contributed by atoms with Crippen molar-refractivity contribution >= 4 is 44.7 Å². The fourth-order valence-corrected chi connectivity index (χ4v) is 2.25. The van der Waals surface area contributed by atoms with Gasteiger partial charge in [-0.2, -0.15) is 11.8 Å². The number of anilines is 1. The average molecular weight is 286 g/mol. The van der Waals surface area contributed by atoms with Crippen molar-refractivity contribution in [3.05, 3.63) is 22.7 Å². The number of nitrogens with two attached hydrogens (primary N) is 1. The lowest BCUT2D eigenvalue weighted by Gasteiger charge is -2.04. The maximum Gasteiger partial charge on any atom is 0.201 e. The predicted octanol–water partition coefficient (Wildman–Crippen LogP) is 2.74. The molecule has 0 radical (unpaired) electrons. The molecule has 0 spiro atoms. The van der Waals surface area contributed by atoms with Crippen molar-refractivity contribution in [2.75, 3.05) is 17.7 Å². The Labute approximate surface area is 101 Å². The van der Waals surface area contributed by atoms with Gasteiger partial charge in [-0.05, 0) is 24.5 Å². The number of nitrogens with zero attached hydrogens (tertiary/aromatic N) is 2. The van der Waals surface area contributed by atoms with Crippen molar-refractivity contribution in [1.82, 2.24) is 9.55 Å². The Hall–Kier alpha value is -0.680. The Kier molecular flexibility index (Phi) is 3.21. The zero-order valence-corrected chi connectivity index (χ0v) is 10.8. The molecule has 0 unspecified atom stereocenters. The number of fused-ring (bicyclic) bond motifs is 1. The first kappa shape index (κ1) is 10.8. The highest BCUT2D eigenvalue weighted by Crippen LogP contribution is 2.22. The molecule has 15 heavy (non-hydrogen) atoms. The van der Waals surface area contributed by atoms with Crippen LogP contribution >= 0.6 is 27.7 Å². The zero-order chi connectivity index (χ0) is 10.8. The third kappa shape index (κ3) is 2.13. The van der Waals surface area contributed by atoms with E-state index in [1.54, 1.807) is 11.8 Å². The van der Waals surface area contributed by atoms with Crippen molar-refractivity contribution in [1.29, 1.82) is 0 Å². The molecule has 2 rings (SSSR count). The van der Waals surface area contributed by atoms with E-state index in [2.05, 4.69) is 31.7 Å². The van der Waals surface area contributed by atoms with Crippen molar-refractivity contribution in [3.8, 4) is 0 Å². The van der Waals surface area contributed by atoms with Crippen LogP contribution in [-0.4, -0.2) is 21.6 Å². The molecule has 1 heterocycles. The summed E-state index contributed by atoms with van der Waals surface area (Å²) in [5, 5.41) is 0. The Morgan fingerprint density at radius 2 is 2.33 bits per heavy atom. The van der Waals surface area contributed by atoms with Crippen molar-refractivity contribution < 1.29 is 0 Å². The summed E-state index contributed by atoms with van der Waals surface area (Å²) in [4.78, 5) is 4.33. The van der Waals surface area contributed by atoms with Gasteiger partial charge in [0.15, 0.2) is 0 Å². The molecule has 5 heteroatoms. The van der Waals surface area contributed by atoms with Gasteiger partial charge in [0.1, 0.15) is 0 Å². The quantitative estimate of drug-likeness (QED) is 0.943. The van der Waals surface area contributed by atoms with Gasteiger partial charge >= 0.3 is 0 Å². The maximum absolute atomic E-state index is 5.87. The number of rotatable bonds is 3. The van der Waals surface area contributed by atoms with Crippen LogP contribution in [0.25, 0.3) is 11.0 Å². The van der Waals surface area contributed by atoms with Gasteiger partial charge < -0.3 is 10.3 Å². The minimum atomic E-state index is 0.595. The van der Waals surface area contributed by atoms with Crippen LogP contribution in [0, 0.1) is 0 Å². The number of nitrogen functional groups attached to an aromatic ring is 1. The SMILES string of the molecule is CSCCn1c(N)nc2cc(Br)ccc21. The van der Waals surface area contributed by atoms with Crippen LogP contribution in [0.15, 0.2) is 22.7 Å². The van der Waals surface area contributed by atoms with E-state index < -0.39 is 0 Å². The number of benzene rings is 1. The van der Waals surface area contributed by atoms with E-state index in [0.29, 0.717) is 5.95 Å². The second-order valence-electron chi connectivity index (χ2n) is 3.25. The lowest BCUT2D eigenvalue weighted by atomic mass is 10.3. The molecule has 0 bridgehead atoms. The number of aryl methyl sites for hydroxylation is 1. The maximum atomic E-state index is 5.87. The topological polar surface area (TPSA) is 43.8 Å². The third-order valence-electron chi connectivity index (χ3n) is 2.26. The third-order valence-corrected chi connectivity index (χ3v) is 3.34.